The Balaban J connectivity index is 0.000001000. The quantitative estimate of drug-likeness (QED) is 0.194. The molecule has 0 spiro atoms. The predicted molar refractivity (Wildman–Crippen MR) is 37.0 cm³/mol. The van der Waals surface area contributed by atoms with Crippen molar-refractivity contribution in [2.45, 2.75) is 0 Å². The van der Waals surface area contributed by atoms with Crippen molar-refractivity contribution in [3.8, 4) is 0 Å². The van der Waals surface area contributed by atoms with Gasteiger partial charge in [-0.2, -0.15) is 0 Å². The monoisotopic (exact) mass is 264 g/mol. The van der Waals surface area contributed by atoms with E-state index >= 15 is 0 Å². The van der Waals surface area contributed by atoms with Gasteiger partial charge in [0.2, 0.25) is 0 Å². The number of aromatic nitrogens is 1. The first-order valence-corrected chi connectivity index (χ1v) is 2.95. The first-order chi connectivity index (χ1) is 4.83. The third-order valence-electron chi connectivity index (χ3n) is 1.21. The largest absolute Gasteiger partial charge is 1.00 e. The summed E-state index contributed by atoms with van der Waals surface area (Å²) in [6.07, 6.45) is 5.16. The minimum Gasteiger partial charge on any atom is -1.00 e. The first kappa shape index (κ1) is 10.3. The van der Waals surface area contributed by atoms with Gasteiger partial charge in [0.1, 0.15) is 7.05 Å². The van der Waals surface area contributed by atoms with Gasteiger partial charge >= 0.3 is 0 Å². The maximum Gasteiger partial charge on any atom is 0.169 e. The molecule has 1 aromatic rings. The fourth-order valence-corrected chi connectivity index (χ4v) is 0.665. The Kier molecular flexibility index (Phi) is 4.76. The molecule has 0 saturated heterocycles. The molecular formula is C7H9IN2O. The number of hydrogen-bond acceptors (Lipinski definition) is 2. The van der Waals surface area contributed by atoms with E-state index in [0.717, 1.165) is 5.56 Å². The second-order valence-corrected chi connectivity index (χ2v) is 2.04. The zero-order valence-corrected chi connectivity index (χ0v) is 8.26. The van der Waals surface area contributed by atoms with Gasteiger partial charge in [0.25, 0.3) is 0 Å². The molecule has 1 N–H and O–H groups in total. The van der Waals surface area contributed by atoms with Gasteiger partial charge in [-0.15, -0.1) is 0 Å². The lowest BCUT2D eigenvalue weighted by atomic mass is 10.3. The molecule has 1 heterocycles. The standard InChI is InChI=1S/C7H8N2O.HI/c1-9-4-2-7(3-5-9)6-8-10;/h2-6H,1H3;1H. The Labute approximate surface area is 82.4 Å². The molecule has 0 atom stereocenters. The normalized spacial score (nSPS) is 9.55. The molecule has 0 amide bonds. The highest BCUT2D eigenvalue weighted by atomic mass is 127. The minimum absolute atomic E-state index is 0. The third-order valence-corrected chi connectivity index (χ3v) is 1.21. The van der Waals surface area contributed by atoms with Gasteiger partial charge < -0.3 is 29.2 Å². The van der Waals surface area contributed by atoms with Crippen molar-refractivity contribution in [1.29, 1.82) is 0 Å². The fraction of sp³-hybridized carbons (Fsp3) is 0.143. The molecule has 1 rings (SSSR count). The van der Waals surface area contributed by atoms with E-state index in [9.17, 15) is 0 Å². The number of nitrogens with zero attached hydrogens (tertiary/aromatic N) is 2. The maximum atomic E-state index is 8.15. The van der Waals surface area contributed by atoms with E-state index in [4.69, 9.17) is 5.21 Å². The van der Waals surface area contributed by atoms with E-state index in [2.05, 4.69) is 5.16 Å². The van der Waals surface area contributed by atoms with Crippen LogP contribution in [0.2, 0.25) is 0 Å². The van der Waals surface area contributed by atoms with E-state index in [1.165, 1.54) is 6.21 Å². The molecule has 1 aromatic heterocycles. The summed E-state index contributed by atoms with van der Waals surface area (Å²) in [5, 5.41) is 11.1. The molecule has 60 valence electrons. The van der Waals surface area contributed by atoms with Gasteiger partial charge in [-0.1, -0.05) is 5.16 Å². The highest BCUT2D eigenvalue weighted by Gasteiger charge is 1.90. The predicted octanol–water partition coefficient (Wildman–Crippen LogP) is -2.68. The number of rotatable bonds is 1. The molecular weight excluding hydrogens is 255 g/mol. The van der Waals surface area contributed by atoms with Crippen LogP contribution >= 0.6 is 0 Å². The number of halogens is 1. The lowest BCUT2D eigenvalue weighted by Crippen LogP contribution is -3.00. The molecule has 11 heavy (non-hydrogen) atoms. The molecule has 0 aliphatic carbocycles. The average Bonchev–Trinajstić information content (AvgIpc) is 1.95. The maximum absolute atomic E-state index is 8.15. The fourth-order valence-electron chi connectivity index (χ4n) is 0.665. The van der Waals surface area contributed by atoms with Gasteiger partial charge in [-0.05, 0) is 0 Å². The third kappa shape index (κ3) is 3.31. The molecule has 0 fully saturated rings. The number of oxime groups is 1. The summed E-state index contributed by atoms with van der Waals surface area (Å²) in [4.78, 5) is 0. The van der Waals surface area contributed by atoms with Crippen molar-refractivity contribution < 1.29 is 33.8 Å². The Morgan fingerprint density at radius 2 is 2.00 bits per heavy atom. The van der Waals surface area contributed by atoms with Crippen LogP contribution in [-0.2, 0) is 7.05 Å². The van der Waals surface area contributed by atoms with Crippen molar-refractivity contribution in [3.05, 3.63) is 30.1 Å². The lowest BCUT2D eigenvalue weighted by molar-refractivity contribution is -0.671. The molecule has 0 aliphatic heterocycles. The van der Waals surface area contributed by atoms with Gasteiger partial charge in [0.05, 0.1) is 6.21 Å². The van der Waals surface area contributed by atoms with Gasteiger partial charge in [0.15, 0.2) is 12.4 Å². The highest BCUT2D eigenvalue weighted by molar-refractivity contribution is 5.78. The number of aryl methyl sites for hydroxylation is 1. The van der Waals surface area contributed by atoms with Crippen molar-refractivity contribution in [2.75, 3.05) is 0 Å². The molecule has 4 heteroatoms. The summed E-state index contributed by atoms with van der Waals surface area (Å²) in [7, 11) is 1.93. The number of pyridine rings is 1. The van der Waals surface area contributed by atoms with Crippen LogP contribution in [0.1, 0.15) is 5.56 Å². The Bertz CT molecular complexity index is 233. The Morgan fingerprint density at radius 3 is 2.45 bits per heavy atom. The SMILES string of the molecule is C[n+]1ccc(/C=N/O)cc1.[I-]. The zero-order valence-electron chi connectivity index (χ0n) is 6.11. The topological polar surface area (TPSA) is 36.5 Å². The molecule has 3 nitrogen and oxygen atoms in total. The highest BCUT2D eigenvalue weighted by Crippen LogP contribution is 1.88. The van der Waals surface area contributed by atoms with Crippen LogP contribution in [0, 0.1) is 0 Å². The van der Waals surface area contributed by atoms with Crippen LogP contribution < -0.4 is 28.5 Å². The molecule has 0 radical (unpaired) electrons. The van der Waals surface area contributed by atoms with Crippen LogP contribution in [0.15, 0.2) is 29.7 Å². The van der Waals surface area contributed by atoms with Crippen LogP contribution in [0.3, 0.4) is 0 Å². The number of hydrogen-bond donors (Lipinski definition) is 1. The van der Waals surface area contributed by atoms with Gasteiger partial charge in [-0.3, -0.25) is 0 Å². The van der Waals surface area contributed by atoms with Crippen molar-refractivity contribution >= 4 is 6.21 Å². The zero-order chi connectivity index (χ0) is 7.40. The van der Waals surface area contributed by atoms with Crippen LogP contribution in [-0.4, -0.2) is 11.4 Å². The van der Waals surface area contributed by atoms with Crippen LogP contribution in [0.25, 0.3) is 0 Å². The van der Waals surface area contributed by atoms with Gasteiger partial charge in [-0.25, -0.2) is 4.57 Å². The van der Waals surface area contributed by atoms with Crippen LogP contribution in [0.5, 0.6) is 0 Å². The summed E-state index contributed by atoms with van der Waals surface area (Å²) in [5.74, 6) is 0. The van der Waals surface area contributed by atoms with Crippen LogP contribution in [0.4, 0.5) is 0 Å². The minimum atomic E-state index is 0. The first-order valence-electron chi connectivity index (χ1n) is 2.95. The molecule has 0 aliphatic rings. The Hall–Kier alpha value is -0.650. The van der Waals surface area contributed by atoms with E-state index in [-0.39, 0.29) is 24.0 Å². The second-order valence-electron chi connectivity index (χ2n) is 2.04. The lowest BCUT2D eigenvalue weighted by Gasteiger charge is -1.86. The van der Waals surface area contributed by atoms with E-state index in [0.29, 0.717) is 0 Å². The average molecular weight is 264 g/mol. The smallest absolute Gasteiger partial charge is 0.169 e. The molecule has 0 unspecified atom stereocenters. The summed E-state index contributed by atoms with van der Waals surface area (Å²) < 4.78 is 1.91. The Morgan fingerprint density at radius 1 is 1.45 bits per heavy atom. The van der Waals surface area contributed by atoms with E-state index < -0.39 is 0 Å². The second kappa shape index (κ2) is 5.06. The van der Waals surface area contributed by atoms with E-state index in [1.807, 2.05) is 36.1 Å². The van der Waals surface area contributed by atoms with E-state index in [1.54, 1.807) is 0 Å². The summed E-state index contributed by atoms with van der Waals surface area (Å²) >= 11 is 0. The summed E-state index contributed by atoms with van der Waals surface area (Å²) in [5.41, 5.74) is 0.889. The summed E-state index contributed by atoms with van der Waals surface area (Å²) in [6, 6.07) is 3.72. The van der Waals surface area contributed by atoms with Crippen molar-refractivity contribution in [1.82, 2.24) is 0 Å². The van der Waals surface area contributed by atoms with Gasteiger partial charge in [0, 0.05) is 17.7 Å². The summed E-state index contributed by atoms with van der Waals surface area (Å²) in [6.45, 7) is 0. The molecule has 0 bridgehead atoms. The molecule has 0 saturated carbocycles. The van der Waals surface area contributed by atoms with Crippen molar-refractivity contribution in [3.63, 3.8) is 0 Å². The van der Waals surface area contributed by atoms with Crippen molar-refractivity contribution in [2.24, 2.45) is 12.2 Å². The molecule has 0 aromatic carbocycles.